The number of methoxy groups -OCH3 is 1. The standard InChI is InChI=1S/C14H18FN3O3.C2HF3O2/c1-21-13(19)11-3-2-10(6-12(11)15)18-14(20)17-7-8-4-9(16)5-8;3-2(4,5)1(6)7/h2-3,6,8-9H,4-5,7,16H2,1H3,(H2,17,18,20);(H,6,7). The van der Waals surface area contributed by atoms with Crippen LogP contribution in [0.25, 0.3) is 0 Å². The number of anilines is 1. The third-order valence-electron chi connectivity index (χ3n) is 3.70. The summed E-state index contributed by atoms with van der Waals surface area (Å²) in [5.41, 5.74) is 5.75. The van der Waals surface area contributed by atoms with Crippen LogP contribution in [0.1, 0.15) is 23.2 Å². The highest BCUT2D eigenvalue weighted by atomic mass is 19.4. The number of rotatable bonds is 4. The first-order valence-corrected chi connectivity index (χ1v) is 7.92. The zero-order chi connectivity index (χ0) is 21.5. The molecular weight excluding hydrogens is 390 g/mol. The smallest absolute Gasteiger partial charge is 0.475 e. The molecule has 5 N–H and O–H groups in total. The topological polar surface area (TPSA) is 131 Å². The quantitative estimate of drug-likeness (QED) is 0.445. The van der Waals surface area contributed by atoms with Crippen molar-refractivity contribution in [3.05, 3.63) is 29.6 Å². The van der Waals surface area contributed by atoms with Gasteiger partial charge in [-0.05, 0) is 37.0 Å². The van der Waals surface area contributed by atoms with Gasteiger partial charge in [0.05, 0.1) is 12.7 Å². The Morgan fingerprint density at radius 3 is 2.29 bits per heavy atom. The molecule has 28 heavy (non-hydrogen) atoms. The molecule has 0 saturated heterocycles. The van der Waals surface area contributed by atoms with E-state index in [2.05, 4.69) is 15.4 Å². The number of hydrogen-bond acceptors (Lipinski definition) is 5. The summed E-state index contributed by atoms with van der Waals surface area (Å²) in [5, 5.41) is 12.3. The number of nitrogens with two attached hydrogens (primary N) is 1. The van der Waals surface area contributed by atoms with E-state index in [0.717, 1.165) is 18.9 Å². The molecule has 0 aromatic heterocycles. The van der Waals surface area contributed by atoms with Crippen LogP contribution < -0.4 is 16.4 Å². The number of urea groups is 1. The number of ether oxygens (including phenoxy) is 1. The largest absolute Gasteiger partial charge is 0.490 e. The van der Waals surface area contributed by atoms with Gasteiger partial charge in [0, 0.05) is 18.3 Å². The van der Waals surface area contributed by atoms with Gasteiger partial charge < -0.3 is 26.2 Å². The maximum absolute atomic E-state index is 13.7. The van der Waals surface area contributed by atoms with Crippen molar-refractivity contribution >= 4 is 23.7 Å². The molecule has 0 aliphatic heterocycles. The number of carbonyl (C=O) groups is 3. The molecule has 0 radical (unpaired) electrons. The van der Waals surface area contributed by atoms with Crippen LogP contribution >= 0.6 is 0 Å². The van der Waals surface area contributed by atoms with Crippen molar-refractivity contribution in [3.8, 4) is 0 Å². The Balaban J connectivity index is 0.000000480. The van der Waals surface area contributed by atoms with Gasteiger partial charge in [-0.25, -0.2) is 18.8 Å². The molecule has 2 rings (SSSR count). The van der Waals surface area contributed by atoms with Gasteiger partial charge in [0.25, 0.3) is 0 Å². The second-order valence-electron chi connectivity index (χ2n) is 5.92. The number of esters is 1. The zero-order valence-corrected chi connectivity index (χ0v) is 14.7. The fourth-order valence-corrected chi connectivity index (χ4v) is 2.23. The van der Waals surface area contributed by atoms with Crippen LogP contribution in [-0.4, -0.2) is 48.9 Å². The second kappa shape index (κ2) is 9.88. The molecule has 0 heterocycles. The van der Waals surface area contributed by atoms with Gasteiger partial charge in [-0.15, -0.1) is 0 Å². The third-order valence-corrected chi connectivity index (χ3v) is 3.70. The van der Waals surface area contributed by atoms with E-state index < -0.39 is 30.0 Å². The van der Waals surface area contributed by atoms with Crippen LogP contribution in [0.4, 0.5) is 28.0 Å². The summed E-state index contributed by atoms with van der Waals surface area (Å²) >= 11 is 0. The molecule has 2 amide bonds. The van der Waals surface area contributed by atoms with Crippen molar-refractivity contribution in [1.29, 1.82) is 0 Å². The van der Waals surface area contributed by atoms with Crippen molar-refractivity contribution < 1.29 is 41.8 Å². The SMILES string of the molecule is COC(=O)c1ccc(NC(=O)NCC2CC(N)C2)cc1F.O=C(O)C(F)(F)F. The molecule has 8 nitrogen and oxygen atoms in total. The van der Waals surface area contributed by atoms with E-state index in [9.17, 15) is 27.2 Å². The first-order chi connectivity index (χ1) is 12.9. The lowest BCUT2D eigenvalue weighted by Crippen LogP contribution is -2.43. The van der Waals surface area contributed by atoms with E-state index in [0.29, 0.717) is 12.5 Å². The lowest BCUT2D eigenvalue weighted by Gasteiger charge is -2.32. The summed E-state index contributed by atoms with van der Waals surface area (Å²) in [6.45, 7) is 0.544. The molecule has 156 valence electrons. The Kier molecular flexibility index (Phi) is 8.16. The predicted molar refractivity (Wildman–Crippen MR) is 89.2 cm³/mol. The molecule has 12 heteroatoms. The van der Waals surface area contributed by atoms with E-state index in [1.54, 1.807) is 0 Å². The van der Waals surface area contributed by atoms with Crippen LogP contribution in [0.3, 0.4) is 0 Å². The van der Waals surface area contributed by atoms with Gasteiger partial charge in [0.2, 0.25) is 0 Å². The van der Waals surface area contributed by atoms with Gasteiger partial charge in [0.15, 0.2) is 0 Å². The van der Waals surface area contributed by atoms with Gasteiger partial charge in [-0.3, -0.25) is 0 Å². The average Bonchev–Trinajstić information content (AvgIpc) is 2.57. The molecule has 0 unspecified atom stereocenters. The zero-order valence-electron chi connectivity index (χ0n) is 14.7. The number of alkyl halides is 3. The molecule has 1 aromatic carbocycles. The second-order valence-corrected chi connectivity index (χ2v) is 5.92. The van der Waals surface area contributed by atoms with Crippen LogP contribution in [-0.2, 0) is 9.53 Å². The third kappa shape index (κ3) is 7.39. The van der Waals surface area contributed by atoms with Crippen molar-refractivity contribution in [2.45, 2.75) is 25.1 Å². The van der Waals surface area contributed by atoms with Gasteiger partial charge >= 0.3 is 24.1 Å². The van der Waals surface area contributed by atoms with E-state index in [1.807, 2.05) is 0 Å². The number of hydrogen-bond donors (Lipinski definition) is 4. The Morgan fingerprint density at radius 1 is 1.29 bits per heavy atom. The molecule has 1 saturated carbocycles. The first-order valence-electron chi connectivity index (χ1n) is 7.92. The number of amides is 2. The molecular formula is C16H19F4N3O5. The minimum Gasteiger partial charge on any atom is -0.475 e. The van der Waals surface area contributed by atoms with Crippen LogP contribution in [0.15, 0.2) is 18.2 Å². The monoisotopic (exact) mass is 409 g/mol. The van der Waals surface area contributed by atoms with Gasteiger partial charge in [-0.1, -0.05) is 0 Å². The normalized spacial score (nSPS) is 18.1. The van der Waals surface area contributed by atoms with Crippen molar-refractivity contribution in [3.63, 3.8) is 0 Å². The Bertz CT molecular complexity index is 721. The maximum Gasteiger partial charge on any atom is 0.490 e. The maximum atomic E-state index is 13.7. The number of carbonyl (C=O) groups excluding carboxylic acids is 2. The fraction of sp³-hybridized carbons (Fsp3) is 0.438. The Morgan fingerprint density at radius 2 is 1.86 bits per heavy atom. The number of halogens is 4. The highest BCUT2D eigenvalue weighted by Crippen LogP contribution is 2.24. The van der Waals surface area contributed by atoms with Crippen molar-refractivity contribution in [2.75, 3.05) is 19.0 Å². The van der Waals surface area contributed by atoms with E-state index in [1.165, 1.54) is 19.2 Å². The Hall–Kier alpha value is -2.89. The van der Waals surface area contributed by atoms with E-state index >= 15 is 0 Å². The molecule has 0 atom stereocenters. The highest BCUT2D eigenvalue weighted by Gasteiger charge is 2.38. The summed E-state index contributed by atoms with van der Waals surface area (Å²) in [6, 6.07) is 3.60. The van der Waals surface area contributed by atoms with E-state index in [4.69, 9.17) is 15.6 Å². The number of carboxylic acid groups (broad SMARTS) is 1. The van der Waals surface area contributed by atoms with Crippen LogP contribution in [0, 0.1) is 11.7 Å². The van der Waals surface area contributed by atoms with Gasteiger partial charge in [0.1, 0.15) is 5.82 Å². The van der Waals surface area contributed by atoms with Crippen molar-refractivity contribution in [2.24, 2.45) is 11.7 Å². The summed E-state index contributed by atoms with van der Waals surface area (Å²) in [5.74, 6) is -3.86. The highest BCUT2D eigenvalue weighted by molar-refractivity contribution is 5.92. The summed E-state index contributed by atoms with van der Waals surface area (Å²) in [4.78, 5) is 31.8. The lowest BCUT2D eigenvalue weighted by molar-refractivity contribution is -0.192. The predicted octanol–water partition coefficient (Wildman–Crippen LogP) is 2.10. The number of carboxylic acids is 1. The molecule has 0 spiro atoms. The number of benzene rings is 1. The lowest BCUT2D eigenvalue weighted by atomic mass is 9.81. The van der Waals surface area contributed by atoms with Crippen LogP contribution in [0.5, 0.6) is 0 Å². The summed E-state index contributed by atoms with van der Waals surface area (Å²) < 4.78 is 49.9. The number of nitrogens with one attached hydrogen (secondary N) is 2. The summed E-state index contributed by atoms with van der Waals surface area (Å²) in [7, 11) is 1.17. The first kappa shape index (κ1) is 23.1. The fourth-order valence-electron chi connectivity index (χ4n) is 2.23. The molecule has 1 aliphatic rings. The molecule has 1 aliphatic carbocycles. The molecule has 0 bridgehead atoms. The molecule has 1 aromatic rings. The van der Waals surface area contributed by atoms with Crippen LogP contribution in [0.2, 0.25) is 0 Å². The van der Waals surface area contributed by atoms with Gasteiger partial charge in [-0.2, -0.15) is 13.2 Å². The minimum atomic E-state index is -5.08. The average molecular weight is 409 g/mol. The molecule has 1 fully saturated rings. The van der Waals surface area contributed by atoms with E-state index in [-0.39, 0.29) is 17.3 Å². The minimum absolute atomic E-state index is 0.174. The van der Waals surface area contributed by atoms with Crippen molar-refractivity contribution in [1.82, 2.24) is 5.32 Å². The Labute approximate surface area is 157 Å². The summed E-state index contributed by atoms with van der Waals surface area (Å²) in [6.07, 6.45) is -3.27. The number of aliphatic carboxylic acids is 1.